The summed E-state index contributed by atoms with van der Waals surface area (Å²) in [6.45, 7) is 2.24. The minimum atomic E-state index is -0.261. The van der Waals surface area contributed by atoms with Gasteiger partial charge >= 0.3 is 0 Å². The van der Waals surface area contributed by atoms with Gasteiger partial charge in [0.2, 0.25) is 5.91 Å². The summed E-state index contributed by atoms with van der Waals surface area (Å²) in [5, 5.41) is 7.49. The number of anilines is 1. The van der Waals surface area contributed by atoms with Crippen LogP contribution < -0.4 is 10.1 Å². The molecule has 1 N–H and O–H groups in total. The zero-order valence-electron chi connectivity index (χ0n) is 17.8. The van der Waals surface area contributed by atoms with E-state index in [1.165, 1.54) is 4.90 Å². The van der Waals surface area contributed by atoms with E-state index in [0.717, 1.165) is 36.2 Å². The van der Waals surface area contributed by atoms with Crippen LogP contribution in [0.3, 0.4) is 0 Å². The molecule has 1 heterocycles. The number of nitrogens with zero attached hydrogens (tertiary/aromatic N) is 3. The molecular weight excluding hydrogens is 392 g/mol. The van der Waals surface area contributed by atoms with Gasteiger partial charge in [-0.3, -0.25) is 9.59 Å². The molecule has 0 spiro atoms. The minimum absolute atomic E-state index is 0.0421. The van der Waals surface area contributed by atoms with E-state index in [2.05, 4.69) is 10.4 Å². The molecular formula is C24H26N4O3. The second-order valence-electron chi connectivity index (χ2n) is 7.47. The number of carbonyl (C=O) groups excluding carboxylic acids is 2. The van der Waals surface area contributed by atoms with Crippen LogP contribution in [-0.2, 0) is 17.6 Å². The number of aromatic nitrogens is 2. The van der Waals surface area contributed by atoms with Gasteiger partial charge in [-0.1, -0.05) is 24.3 Å². The zero-order valence-corrected chi connectivity index (χ0v) is 17.8. The average Bonchev–Trinajstić information content (AvgIpc) is 3.40. The van der Waals surface area contributed by atoms with Gasteiger partial charge in [0.05, 0.1) is 12.8 Å². The molecule has 7 nitrogen and oxygen atoms in total. The van der Waals surface area contributed by atoms with Gasteiger partial charge in [0.25, 0.3) is 5.91 Å². The van der Waals surface area contributed by atoms with Crippen LogP contribution in [0.5, 0.6) is 5.75 Å². The van der Waals surface area contributed by atoms with Gasteiger partial charge in [-0.2, -0.15) is 5.10 Å². The topological polar surface area (TPSA) is 76.5 Å². The quantitative estimate of drug-likeness (QED) is 0.637. The molecule has 2 aromatic carbocycles. The second-order valence-corrected chi connectivity index (χ2v) is 7.47. The highest BCUT2D eigenvalue weighted by Crippen LogP contribution is 2.28. The van der Waals surface area contributed by atoms with Crippen LogP contribution in [-0.4, -0.2) is 46.7 Å². The Hall–Kier alpha value is -3.61. The number of para-hydroxylation sites is 1. The van der Waals surface area contributed by atoms with Crippen LogP contribution in [0.4, 0.5) is 5.69 Å². The van der Waals surface area contributed by atoms with E-state index in [9.17, 15) is 9.59 Å². The van der Waals surface area contributed by atoms with Crippen LogP contribution in [0.1, 0.15) is 35.1 Å². The predicted molar refractivity (Wildman–Crippen MR) is 119 cm³/mol. The smallest absolute Gasteiger partial charge is 0.275 e. The molecule has 0 fully saturated rings. The molecule has 31 heavy (non-hydrogen) atoms. The summed E-state index contributed by atoms with van der Waals surface area (Å²) in [6, 6.07) is 17.0. The Morgan fingerprint density at radius 2 is 1.94 bits per heavy atom. The third-order valence-electron chi connectivity index (χ3n) is 5.49. The van der Waals surface area contributed by atoms with Gasteiger partial charge in [0, 0.05) is 29.6 Å². The number of likely N-dealkylation sites (N-methyl/N-ethyl adjacent to an activating group) is 1. The summed E-state index contributed by atoms with van der Waals surface area (Å²) in [5.74, 6) is 0.182. The number of rotatable bonds is 7. The largest absolute Gasteiger partial charge is 0.497 e. The van der Waals surface area contributed by atoms with Gasteiger partial charge in [-0.15, -0.1) is 0 Å². The number of ether oxygens (including phenoxy) is 1. The monoisotopic (exact) mass is 418 g/mol. The standard InChI is InChI=1S/C24H26N4O3/c1-3-27(16-22(29)25-17-9-7-12-19(15-17)31-2)24(30)23-20-13-8-14-21(20)28(26-23)18-10-5-4-6-11-18/h4-7,9-12,15H,3,8,13-14,16H2,1-2H3,(H,25,29). The van der Waals surface area contributed by atoms with Crippen LogP contribution in [0, 0.1) is 0 Å². The van der Waals surface area contributed by atoms with E-state index in [-0.39, 0.29) is 18.4 Å². The Labute approximate surface area is 181 Å². The molecule has 0 unspecified atom stereocenters. The van der Waals surface area contributed by atoms with Crippen molar-refractivity contribution in [1.29, 1.82) is 0 Å². The molecule has 0 saturated heterocycles. The molecule has 0 bridgehead atoms. The van der Waals surface area contributed by atoms with Crippen LogP contribution in [0.25, 0.3) is 5.69 Å². The number of amides is 2. The molecule has 3 aromatic rings. The van der Waals surface area contributed by atoms with Crippen LogP contribution in [0.2, 0.25) is 0 Å². The van der Waals surface area contributed by atoms with Crippen molar-refractivity contribution in [3.8, 4) is 11.4 Å². The van der Waals surface area contributed by atoms with Crippen molar-refractivity contribution in [2.75, 3.05) is 25.5 Å². The maximum absolute atomic E-state index is 13.3. The number of hydrogen-bond acceptors (Lipinski definition) is 4. The lowest BCUT2D eigenvalue weighted by Gasteiger charge is -2.20. The van der Waals surface area contributed by atoms with Gasteiger partial charge in [0.1, 0.15) is 12.3 Å². The van der Waals surface area contributed by atoms with E-state index < -0.39 is 0 Å². The van der Waals surface area contributed by atoms with E-state index in [1.807, 2.05) is 41.9 Å². The summed E-state index contributed by atoms with van der Waals surface area (Å²) in [6.07, 6.45) is 2.73. The normalized spacial score (nSPS) is 12.3. The van der Waals surface area contributed by atoms with E-state index in [4.69, 9.17) is 4.74 Å². The highest BCUT2D eigenvalue weighted by Gasteiger charge is 2.29. The fraction of sp³-hybridized carbons (Fsp3) is 0.292. The number of hydrogen-bond donors (Lipinski definition) is 1. The minimum Gasteiger partial charge on any atom is -0.497 e. The Morgan fingerprint density at radius 1 is 1.13 bits per heavy atom. The van der Waals surface area contributed by atoms with Crippen molar-refractivity contribution in [2.24, 2.45) is 0 Å². The summed E-state index contributed by atoms with van der Waals surface area (Å²) in [5.41, 5.74) is 4.11. The van der Waals surface area contributed by atoms with Gasteiger partial charge < -0.3 is 15.0 Å². The van der Waals surface area contributed by atoms with Crippen molar-refractivity contribution < 1.29 is 14.3 Å². The molecule has 160 valence electrons. The first-order chi connectivity index (χ1) is 15.1. The van der Waals surface area contributed by atoms with Crippen molar-refractivity contribution in [3.05, 3.63) is 71.5 Å². The number of carbonyl (C=O) groups is 2. The fourth-order valence-corrected chi connectivity index (χ4v) is 3.94. The first kappa shape index (κ1) is 20.7. The van der Waals surface area contributed by atoms with Gasteiger partial charge in [-0.25, -0.2) is 4.68 Å². The fourth-order valence-electron chi connectivity index (χ4n) is 3.94. The van der Waals surface area contributed by atoms with Crippen LogP contribution in [0.15, 0.2) is 54.6 Å². The lowest BCUT2D eigenvalue weighted by Crippen LogP contribution is -2.38. The zero-order chi connectivity index (χ0) is 21.8. The van der Waals surface area contributed by atoms with E-state index >= 15 is 0 Å². The number of methoxy groups -OCH3 is 1. The first-order valence-electron chi connectivity index (χ1n) is 10.5. The Bertz CT molecular complexity index is 1090. The van der Waals surface area contributed by atoms with Crippen molar-refractivity contribution in [2.45, 2.75) is 26.2 Å². The number of nitrogens with one attached hydrogen (secondary N) is 1. The average molecular weight is 418 g/mol. The summed E-state index contributed by atoms with van der Waals surface area (Å²) in [7, 11) is 1.57. The first-order valence-corrected chi connectivity index (χ1v) is 10.5. The summed E-state index contributed by atoms with van der Waals surface area (Å²) < 4.78 is 7.06. The number of benzene rings is 2. The molecule has 0 radical (unpaired) electrons. The van der Waals surface area contributed by atoms with Gasteiger partial charge in [0.15, 0.2) is 5.69 Å². The molecule has 1 aromatic heterocycles. The van der Waals surface area contributed by atoms with Crippen molar-refractivity contribution >= 4 is 17.5 Å². The molecule has 0 saturated carbocycles. The lowest BCUT2D eigenvalue weighted by atomic mass is 10.2. The molecule has 4 rings (SSSR count). The van der Waals surface area contributed by atoms with E-state index in [0.29, 0.717) is 23.7 Å². The maximum atomic E-state index is 13.3. The highest BCUT2D eigenvalue weighted by molar-refractivity contribution is 5.99. The van der Waals surface area contributed by atoms with Crippen molar-refractivity contribution in [3.63, 3.8) is 0 Å². The Morgan fingerprint density at radius 3 is 2.68 bits per heavy atom. The Kier molecular flexibility index (Phi) is 6.02. The molecule has 0 aliphatic heterocycles. The predicted octanol–water partition coefficient (Wildman–Crippen LogP) is 3.47. The van der Waals surface area contributed by atoms with E-state index in [1.54, 1.807) is 31.4 Å². The molecule has 1 aliphatic carbocycles. The third kappa shape index (κ3) is 4.30. The summed E-state index contributed by atoms with van der Waals surface area (Å²) in [4.78, 5) is 27.5. The second kappa shape index (κ2) is 9.04. The Balaban J connectivity index is 1.53. The highest BCUT2D eigenvalue weighted by atomic mass is 16.5. The molecule has 0 atom stereocenters. The molecule has 2 amide bonds. The van der Waals surface area contributed by atoms with Gasteiger partial charge in [-0.05, 0) is 50.5 Å². The molecule has 7 heteroatoms. The SMILES string of the molecule is CCN(CC(=O)Nc1cccc(OC)c1)C(=O)c1nn(-c2ccccc2)c2c1CCC2. The maximum Gasteiger partial charge on any atom is 0.275 e. The van der Waals surface area contributed by atoms with Crippen LogP contribution >= 0.6 is 0 Å². The summed E-state index contributed by atoms with van der Waals surface area (Å²) >= 11 is 0. The lowest BCUT2D eigenvalue weighted by molar-refractivity contribution is -0.116. The molecule has 1 aliphatic rings. The van der Waals surface area contributed by atoms with Crippen molar-refractivity contribution in [1.82, 2.24) is 14.7 Å². The third-order valence-corrected chi connectivity index (χ3v) is 5.49. The number of fused-ring (bicyclic) bond motifs is 1.